The number of pyridine rings is 1. The van der Waals surface area contributed by atoms with Crippen LogP contribution < -0.4 is 5.32 Å². The highest BCUT2D eigenvalue weighted by atomic mass is 35.5. The third kappa shape index (κ3) is 5.41. The molecule has 0 fully saturated rings. The molecule has 0 saturated heterocycles. The topological polar surface area (TPSA) is 86.1 Å². The van der Waals surface area contributed by atoms with Crippen LogP contribution in [0.15, 0.2) is 72.8 Å². The standard InChI is InChI=1S/C26H21ClF2N4O3/c1-3-36-25(35)21-15-23(33(32-21)17-8-5-4-6-9-17)31-24(34)18-14-16(12-13-19(18)27)20-10-7-11-22(30-20)26(2,28)29/h4-15H,3H2,1-2H3,(H,31,34). The number of nitrogens with one attached hydrogen (secondary N) is 1. The van der Waals surface area contributed by atoms with Gasteiger partial charge in [0.1, 0.15) is 11.5 Å². The van der Waals surface area contributed by atoms with Crippen molar-refractivity contribution < 1.29 is 23.1 Å². The fourth-order valence-electron chi connectivity index (χ4n) is 3.42. The lowest BCUT2D eigenvalue weighted by Crippen LogP contribution is -2.16. The third-order valence-corrected chi connectivity index (χ3v) is 5.47. The summed E-state index contributed by atoms with van der Waals surface area (Å²) in [6, 6.07) is 19.1. The summed E-state index contributed by atoms with van der Waals surface area (Å²) in [5, 5.41) is 7.15. The number of carbonyl (C=O) groups excluding carboxylic acids is 2. The number of alkyl halides is 2. The second-order valence-electron chi connectivity index (χ2n) is 7.83. The number of hydrogen-bond acceptors (Lipinski definition) is 5. The number of benzene rings is 2. The van der Waals surface area contributed by atoms with E-state index in [9.17, 15) is 18.4 Å². The molecule has 0 saturated carbocycles. The summed E-state index contributed by atoms with van der Waals surface area (Å²) in [6.07, 6.45) is 0. The van der Waals surface area contributed by atoms with Crippen molar-refractivity contribution in [1.29, 1.82) is 0 Å². The van der Waals surface area contributed by atoms with Crippen molar-refractivity contribution in [2.24, 2.45) is 0 Å². The molecule has 0 spiro atoms. The number of para-hydroxylation sites is 1. The molecule has 0 aliphatic rings. The van der Waals surface area contributed by atoms with Crippen LogP contribution in [0.4, 0.5) is 14.6 Å². The van der Waals surface area contributed by atoms with Gasteiger partial charge in [-0.15, -0.1) is 0 Å². The maximum atomic E-state index is 13.8. The van der Waals surface area contributed by atoms with E-state index in [0.29, 0.717) is 11.3 Å². The predicted molar refractivity (Wildman–Crippen MR) is 132 cm³/mol. The van der Waals surface area contributed by atoms with E-state index in [1.165, 1.54) is 35.0 Å². The highest BCUT2D eigenvalue weighted by molar-refractivity contribution is 6.34. The number of hydrogen-bond donors (Lipinski definition) is 1. The quantitative estimate of drug-likeness (QED) is 0.302. The molecule has 0 aliphatic heterocycles. The molecule has 1 amide bonds. The van der Waals surface area contributed by atoms with Crippen molar-refractivity contribution in [1.82, 2.24) is 14.8 Å². The summed E-state index contributed by atoms with van der Waals surface area (Å²) in [4.78, 5) is 29.5. The molecule has 0 bridgehead atoms. The summed E-state index contributed by atoms with van der Waals surface area (Å²) in [5.41, 5.74) is 1.00. The van der Waals surface area contributed by atoms with Gasteiger partial charge in [-0.2, -0.15) is 13.9 Å². The Morgan fingerprint density at radius 1 is 1.06 bits per heavy atom. The maximum absolute atomic E-state index is 13.8. The lowest BCUT2D eigenvalue weighted by Gasteiger charge is -2.13. The fraction of sp³-hybridized carbons (Fsp3) is 0.154. The molecule has 2 heterocycles. The summed E-state index contributed by atoms with van der Waals surface area (Å²) in [5.74, 6) is -4.14. The van der Waals surface area contributed by atoms with Crippen LogP contribution in [0, 0.1) is 0 Å². The summed E-state index contributed by atoms with van der Waals surface area (Å²) < 4.78 is 33.9. The van der Waals surface area contributed by atoms with Gasteiger partial charge in [-0.25, -0.2) is 14.5 Å². The number of rotatable bonds is 7. The molecule has 2 aromatic heterocycles. The molecule has 7 nitrogen and oxygen atoms in total. The van der Waals surface area contributed by atoms with Crippen LogP contribution in [0.2, 0.25) is 5.02 Å². The molecule has 0 unspecified atom stereocenters. The van der Waals surface area contributed by atoms with E-state index in [-0.39, 0.29) is 40.1 Å². The molecule has 4 rings (SSSR count). The Morgan fingerprint density at radius 2 is 1.81 bits per heavy atom. The summed E-state index contributed by atoms with van der Waals surface area (Å²) in [7, 11) is 0. The Bertz CT molecular complexity index is 1420. The number of anilines is 1. The molecular formula is C26H21ClF2N4O3. The molecular weight excluding hydrogens is 490 g/mol. The smallest absolute Gasteiger partial charge is 0.358 e. The average Bonchev–Trinajstić information content (AvgIpc) is 3.28. The van der Waals surface area contributed by atoms with Crippen molar-refractivity contribution in [3.05, 3.63) is 94.8 Å². The molecule has 4 aromatic rings. The minimum Gasteiger partial charge on any atom is -0.461 e. The second-order valence-corrected chi connectivity index (χ2v) is 8.24. The van der Waals surface area contributed by atoms with Crippen LogP contribution in [0.5, 0.6) is 0 Å². The number of carbonyl (C=O) groups is 2. The molecule has 184 valence electrons. The van der Waals surface area contributed by atoms with Crippen LogP contribution in [0.3, 0.4) is 0 Å². The first-order valence-corrected chi connectivity index (χ1v) is 11.3. The Morgan fingerprint density at radius 3 is 2.50 bits per heavy atom. The van der Waals surface area contributed by atoms with Gasteiger partial charge in [0.15, 0.2) is 5.69 Å². The SMILES string of the molecule is CCOC(=O)c1cc(NC(=O)c2cc(-c3cccc(C(C)(F)F)n3)ccc2Cl)n(-c2ccccc2)n1. The lowest BCUT2D eigenvalue weighted by atomic mass is 10.1. The third-order valence-electron chi connectivity index (χ3n) is 5.14. The molecule has 0 atom stereocenters. The first-order valence-electron chi connectivity index (χ1n) is 11.0. The van der Waals surface area contributed by atoms with E-state index in [1.807, 2.05) is 6.07 Å². The summed E-state index contributed by atoms with van der Waals surface area (Å²) >= 11 is 6.30. The molecule has 1 N–H and O–H groups in total. The van der Waals surface area contributed by atoms with Gasteiger partial charge in [0.25, 0.3) is 11.8 Å². The van der Waals surface area contributed by atoms with Crippen LogP contribution in [0.25, 0.3) is 16.9 Å². The van der Waals surface area contributed by atoms with Crippen LogP contribution in [-0.4, -0.2) is 33.2 Å². The largest absolute Gasteiger partial charge is 0.461 e. The lowest BCUT2D eigenvalue weighted by molar-refractivity contribution is 0.0128. The zero-order valence-corrected chi connectivity index (χ0v) is 20.1. The number of esters is 1. The van der Waals surface area contributed by atoms with Crippen molar-refractivity contribution >= 4 is 29.3 Å². The summed E-state index contributed by atoms with van der Waals surface area (Å²) in [6.45, 7) is 2.61. The van der Waals surface area contributed by atoms with Crippen LogP contribution >= 0.6 is 11.6 Å². The molecule has 36 heavy (non-hydrogen) atoms. The van der Waals surface area contributed by atoms with E-state index in [1.54, 1.807) is 43.3 Å². The highest BCUT2D eigenvalue weighted by Gasteiger charge is 2.26. The monoisotopic (exact) mass is 510 g/mol. The van der Waals surface area contributed by atoms with E-state index in [4.69, 9.17) is 16.3 Å². The van der Waals surface area contributed by atoms with Crippen molar-refractivity contribution in [3.8, 4) is 16.9 Å². The van der Waals surface area contributed by atoms with E-state index < -0.39 is 17.8 Å². The molecule has 2 aromatic carbocycles. The van der Waals surface area contributed by atoms with Gasteiger partial charge in [-0.1, -0.05) is 41.9 Å². The van der Waals surface area contributed by atoms with Gasteiger partial charge >= 0.3 is 5.97 Å². The van der Waals surface area contributed by atoms with E-state index in [0.717, 1.165) is 6.92 Å². The van der Waals surface area contributed by atoms with Gasteiger partial charge < -0.3 is 10.1 Å². The van der Waals surface area contributed by atoms with Gasteiger partial charge in [0.05, 0.1) is 28.6 Å². The zero-order chi connectivity index (χ0) is 25.9. The van der Waals surface area contributed by atoms with Crippen molar-refractivity contribution in [3.63, 3.8) is 0 Å². The molecule has 0 aliphatic carbocycles. The second kappa shape index (κ2) is 10.2. The number of amides is 1. The number of aromatic nitrogens is 3. The predicted octanol–water partition coefficient (Wildman–Crippen LogP) is 6.13. The fourth-order valence-corrected chi connectivity index (χ4v) is 3.63. The van der Waals surface area contributed by atoms with E-state index in [2.05, 4.69) is 15.4 Å². The normalized spacial score (nSPS) is 11.2. The van der Waals surface area contributed by atoms with Gasteiger partial charge in [0.2, 0.25) is 0 Å². The highest BCUT2D eigenvalue weighted by Crippen LogP contribution is 2.30. The van der Waals surface area contributed by atoms with E-state index >= 15 is 0 Å². The Labute approximate surface area is 210 Å². The first-order chi connectivity index (χ1) is 17.2. The van der Waals surface area contributed by atoms with Crippen LogP contribution in [0.1, 0.15) is 40.4 Å². The Kier molecular flexibility index (Phi) is 7.12. The van der Waals surface area contributed by atoms with Crippen molar-refractivity contribution in [2.75, 3.05) is 11.9 Å². The van der Waals surface area contributed by atoms with Crippen LogP contribution in [-0.2, 0) is 10.7 Å². The number of ether oxygens (including phenoxy) is 1. The zero-order valence-electron chi connectivity index (χ0n) is 19.3. The number of halogens is 3. The van der Waals surface area contributed by atoms with Crippen molar-refractivity contribution in [2.45, 2.75) is 19.8 Å². The molecule has 10 heteroatoms. The van der Waals surface area contributed by atoms with Gasteiger partial charge in [-0.05, 0) is 43.3 Å². The molecule has 0 radical (unpaired) electrons. The Balaban J connectivity index is 1.69. The number of nitrogens with zero attached hydrogens (tertiary/aromatic N) is 3. The van der Waals surface area contributed by atoms with Gasteiger partial charge in [0, 0.05) is 18.6 Å². The Hall–Kier alpha value is -4.11. The maximum Gasteiger partial charge on any atom is 0.358 e. The average molecular weight is 511 g/mol. The minimum atomic E-state index is -3.12. The first kappa shape index (κ1) is 25.0. The van der Waals surface area contributed by atoms with Gasteiger partial charge in [-0.3, -0.25) is 4.79 Å². The minimum absolute atomic E-state index is 0.0114.